The maximum absolute atomic E-state index is 13.5. The summed E-state index contributed by atoms with van der Waals surface area (Å²) in [6.07, 6.45) is 0. The second-order valence-electron chi connectivity index (χ2n) is 4.68. The highest BCUT2D eigenvalue weighted by molar-refractivity contribution is 5.38. The first-order valence-corrected chi connectivity index (χ1v) is 6.33. The topological polar surface area (TPSA) is 21.3 Å². The van der Waals surface area contributed by atoms with Gasteiger partial charge in [-0.15, -0.1) is 0 Å². The monoisotopic (exact) mass is 277 g/mol. The highest BCUT2D eigenvalue weighted by Gasteiger charge is 2.15. The summed E-state index contributed by atoms with van der Waals surface area (Å²) in [6.45, 7) is 1.84. The first kappa shape index (κ1) is 14.5. The molecule has 106 valence electrons. The van der Waals surface area contributed by atoms with Crippen molar-refractivity contribution < 1.29 is 13.5 Å². The zero-order chi connectivity index (χ0) is 14.7. The predicted molar refractivity (Wildman–Crippen MR) is 75.0 cm³/mol. The van der Waals surface area contributed by atoms with Crippen LogP contribution < -0.4 is 10.1 Å². The Balaban J connectivity index is 2.46. The highest BCUT2D eigenvalue weighted by Crippen LogP contribution is 2.27. The van der Waals surface area contributed by atoms with Crippen LogP contribution in [0.25, 0.3) is 0 Å². The normalized spacial score (nSPS) is 12.2. The molecule has 20 heavy (non-hydrogen) atoms. The van der Waals surface area contributed by atoms with E-state index in [0.29, 0.717) is 0 Å². The van der Waals surface area contributed by atoms with Crippen LogP contribution in [0.1, 0.15) is 22.7 Å². The molecule has 0 aliphatic rings. The van der Waals surface area contributed by atoms with Crippen molar-refractivity contribution in [1.29, 1.82) is 0 Å². The van der Waals surface area contributed by atoms with Crippen molar-refractivity contribution in [3.05, 3.63) is 64.7 Å². The van der Waals surface area contributed by atoms with Gasteiger partial charge in [0.25, 0.3) is 0 Å². The van der Waals surface area contributed by atoms with Gasteiger partial charge in [0.05, 0.1) is 13.2 Å². The van der Waals surface area contributed by atoms with Crippen molar-refractivity contribution in [3.8, 4) is 5.75 Å². The summed E-state index contributed by atoms with van der Waals surface area (Å²) in [5.41, 5.74) is 2.45. The van der Waals surface area contributed by atoms with E-state index >= 15 is 0 Å². The molecular formula is C16H17F2NO. The predicted octanol–water partition coefficient (Wildman–Crippen LogP) is 3.59. The van der Waals surface area contributed by atoms with E-state index in [4.69, 9.17) is 4.74 Å². The Morgan fingerprint density at radius 1 is 1.05 bits per heavy atom. The van der Waals surface area contributed by atoms with Gasteiger partial charge in [-0.25, -0.2) is 8.78 Å². The first-order valence-electron chi connectivity index (χ1n) is 6.33. The molecule has 4 heteroatoms. The number of rotatable bonds is 4. The maximum atomic E-state index is 13.5. The molecule has 0 bridgehead atoms. The molecule has 2 nitrogen and oxygen atoms in total. The van der Waals surface area contributed by atoms with Crippen LogP contribution in [0, 0.1) is 18.6 Å². The molecule has 2 aromatic carbocycles. The van der Waals surface area contributed by atoms with Crippen molar-refractivity contribution in [2.45, 2.75) is 13.0 Å². The van der Waals surface area contributed by atoms with Gasteiger partial charge in [0.15, 0.2) is 11.6 Å². The summed E-state index contributed by atoms with van der Waals surface area (Å²) in [7, 11) is 3.20. The van der Waals surface area contributed by atoms with Crippen LogP contribution in [-0.2, 0) is 0 Å². The fourth-order valence-electron chi connectivity index (χ4n) is 2.31. The third-order valence-electron chi connectivity index (χ3n) is 3.19. The minimum absolute atomic E-state index is 0.177. The number of ether oxygens (including phenoxy) is 1. The summed E-state index contributed by atoms with van der Waals surface area (Å²) in [5.74, 6) is -0.522. The summed E-state index contributed by atoms with van der Waals surface area (Å²) >= 11 is 0. The quantitative estimate of drug-likeness (QED) is 0.922. The van der Waals surface area contributed by atoms with E-state index in [1.54, 1.807) is 19.2 Å². The number of benzene rings is 2. The Hall–Kier alpha value is -1.94. The van der Waals surface area contributed by atoms with Gasteiger partial charge in [-0.05, 0) is 54.9 Å². The van der Waals surface area contributed by atoms with E-state index in [-0.39, 0.29) is 17.6 Å². The van der Waals surface area contributed by atoms with E-state index in [9.17, 15) is 8.78 Å². The molecule has 1 unspecified atom stereocenters. The fourth-order valence-corrected chi connectivity index (χ4v) is 2.31. The molecule has 0 aliphatic heterocycles. The van der Waals surface area contributed by atoms with Gasteiger partial charge in [-0.3, -0.25) is 0 Å². The van der Waals surface area contributed by atoms with Gasteiger partial charge < -0.3 is 10.1 Å². The first-order chi connectivity index (χ1) is 9.55. The zero-order valence-electron chi connectivity index (χ0n) is 11.7. The average Bonchev–Trinajstić information content (AvgIpc) is 2.40. The highest BCUT2D eigenvalue weighted by atomic mass is 19.1. The van der Waals surface area contributed by atoms with Gasteiger partial charge >= 0.3 is 0 Å². The lowest BCUT2D eigenvalue weighted by molar-refractivity contribution is 0.385. The van der Waals surface area contributed by atoms with Crippen LogP contribution >= 0.6 is 0 Å². The van der Waals surface area contributed by atoms with Crippen LogP contribution in [0.5, 0.6) is 5.75 Å². The molecule has 0 spiro atoms. The van der Waals surface area contributed by atoms with Gasteiger partial charge in [0, 0.05) is 0 Å². The molecule has 0 aliphatic carbocycles. The SMILES string of the molecule is CNC(c1cc(C)cc(F)c1)c1ccc(F)c(OC)c1. The van der Waals surface area contributed by atoms with Gasteiger partial charge in [-0.2, -0.15) is 0 Å². The lowest BCUT2D eigenvalue weighted by Gasteiger charge is -2.19. The van der Waals surface area contributed by atoms with Crippen LogP contribution in [0.15, 0.2) is 36.4 Å². The lowest BCUT2D eigenvalue weighted by atomic mass is 9.97. The molecule has 0 saturated heterocycles. The Kier molecular flexibility index (Phi) is 4.35. The molecule has 0 heterocycles. The van der Waals surface area contributed by atoms with Crippen LogP contribution in [-0.4, -0.2) is 14.2 Å². The van der Waals surface area contributed by atoms with Crippen LogP contribution in [0.4, 0.5) is 8.78 Å². The molecule has 2 aromatic rings. The smallest absolute Gasteiger partial charge is 0.165 e. The molecule has 0 aromatic heterocycles. The van der Waals surface area contributed by atoms with Crippen LogP contribution in [0.2, 0.25) is 0 Å². The Labute approximate surface area is 117 Å². The Bertz CT molecular complexity index is 593. The lowest BCUT2D eigenvalue weighted by Crippen LogP contribution is -2.18. The Morgan fingerprint density at radius 2 is 1.80 bits per heavy atom. The van der Waals surface area contributed by atoms with Crippen LogP contribution in [0.3, 0.4) is 0 Å². The van der Waals surface area contributed by atoms with Crippen molar-refractivity contribution in [1.82, 2.24) is 5.32 Å². The average molecular weight is 277 g/mol. The summed E-state index contributed by atoms with van der Waals surface area (Å²) in [4.78, 5) is 0. The van der Waals surface area contributed by atoms with E-state index in [1.807, 2.05) is 13.0 Å². The third kappa shape index (κ3) is 2.96. The number of halogens is 2. The van der Waals surface area contributed by atoms with E-state index < -0.39 is 5.82 Å². The molecule has 0 fully saturated rings. The third-order valence-corrected chi connectivity index (χ3v) is 3.19. The minimum atomic E-state index is -0.415. The minimum Gasteiger partial charge on any atom is -0.494 e. The van der Waals surface area contributed by atoms with E-state index in [1.165, 1.54) is 25.3 Å². The van der Waals surface area contributed by atoms with Gasteiger partial charge in [0.1, 0.15) is 5.82 Å². The molecule has 1 N–H and O–H groups in total. The number of aryl methyl sites for hydroxylation is 1. The molecule has 0 saturated carbocycles. The maximum Gasteiger partial charge on any atom is 0.165 e. The van der Waals surface area contributed by atoms with Crippen molar-refractivity contribution >= 4 is 0 Å². The fraction of sp³-hybridized carbons (Fsp3) is 0.250. The number of hydrogen-bond donors (Lipinski definition) is 1. The second kappa shape index (κ2) is 6.01. The van der Waals surface area contributed by atoms with Crippen molar-refractivity contribution in [2.75, 3.05) is 14.2 Å². The molecule has 0 radical (unpaired) electrons. The molecule has 1 atom stereocenters. The molecular weight excluding hydrogens is 260 g/mol. The summed E-state index contributed by atoms with van der Waals surface area (Å²) in [6, 6.07) is 9.27. The van der Waals surface area contributed by atoms with E-state index in [0.717, 1.165) is 16.7 Å². The Morgan fingerprint density at radius 3 is 2.40 bits per heavy atom. The molecule has 0 amide bonds. The summed E-state index contributed by atoms with van der Waals surface area (Å²) in [5, 5.41) is 3.12. The summed E-state index contributed by atoms with van der Waals surface area (Å²) < 4.78 is 32.0. The second-order valence-corrected chi connectivity index (χ2v) is 4.68. The zero-order valence-corrected chi connectivity index (χ0v) is 11.7. The van der Waals surface area contributed by atoms with Gasteiger partial charge in [0.2, 0.25) is 0 Å². The number of hydrogen-bond acceptors (Lipinski definition) is 2. The van der Waals surface area contributed by atoms with Gasteiger partial charge in [-0.1, -0.05) is 12.1 Å². The molecule has 2 rings (SSSR count). The largest absolute Gasteiger partial charge is 0.494 e. The number of nitrogens with one attached hydrogen (secondary N) is 1. The van der Waals surface area contributed by atoms with E-state index in [2.05, 4.69) is 5.32 Å². The van der Waals surface area contributed by atoms with Crippen molar-refractivity contribution in [3.63, 3.8) is 0 Å². The van der Waals surface area contributed by atoms with Crippen molar-refractivity contribution in [2.24, 2.45) is 0 Å². The number of methoxy groups -OCH3 is 1. The standard InChI is InChI=1S/C16H17F2NO/c1-10-6-12(8-13(17)7-10)16(19-2)11-4-5-14(18)15(9-11)20-3/h4-9,16,19H,1-3H3.